The van der Waals surface area contributed by atoms with E-state index >= 15 is 0 Å². The van der Waals surface area contributed by atoms with E-state index in [1.54, 1.807) is 11.3 Å². The van der Waals surface area contributed by atoms with E-state index in [1.165, 1.54) is 10.4 Å². The Morgan fingerprint density at radius 3 is 2.65 bits per heavy atom. The fraction of sp³-hybridized carbons (Fsp3) is 0.421. The zero-order valence-corrected chi connectivity index (χ0v) is 14.4. The van der Waals surface area contributed by atoms with Crippen LogP contribution >= 0.6 is 11.3 Å². The van der Waals surface area contributed by atoms with Gasteiger partial charge < -0.3 is 10.6 Å². The van der Waals surface area contributed by atoms with Gasteiger partial charge in [-0.1, -0.05) is 37.3 Å². The van der Waals surface area contributed by atoms with Gasteiger partial charge in [0.05, 0.1) is 12.0 Å². The van der Waals surface area contributed by atoms with Crippen molar-refractivity contribution < 1.29 is 4.79 Å². The molecular formula is C19H24N2OS. The molecule has 1 aromatic carbocycles. The lowest BCUT2D eigenvalue weighted by Crippen LogP contribution is -2.50. The summed E-state index contributed by atoms with van der Waals surface area (Å²) in [6.45, 7) is 4.58. The first-order chi connectivity index (χ1) is 11.3. The van der Waals surface area contributed by atoms with Crippen molar-refractivity contribution in [3.05, 3.63) is 57.8 Å². The van der Waals surface area contributed by atoms with Crippen LogP contribution in [0.4, 0.5) is 0 Å². The summed E-state index contributed by atoms with van der Waals surface area (Å²) in [7, 11) is 0. The van der Waals surface area contributed by atoms with E-state index in [0.29, 0.717) is 6.54 Å². The van der Waals surface area contributed by atoms with Crippen LogP contribution in [0.1, 0.15) is 35.8 Å². The number of amides is 1. The number of hydrogen-bond donors (Lipinski definition) is 2. The molecule has 1 fully saturated rings. The van der Waals surface area contributed by atoms with Crippen LogP contribution in [0.3, 0.4) is 0 Å². The van der Waals surface area contributed by atoms with E-state index in [9.17, 15) is 4.79 Å². The van der Waals surface area contributed by atoms with Gasteiger partial charge in [0.15, 0.2) is 0 Å². The van der Waals surface area contributed by atoms with E-state index in [0.717, 1.165) is 37.9 Å². The molecule has 0 aliphatic carbocycles. The number of carbonyl (C=O) groups excluding carboxylic acids is 1. The van der Waals surface area contributed by atoms with Crippen LogP contribution in [0.15, 0.2) is 41.8 Å². The minimum absolute atomic E-state index is 0.167. The molecule has 4 heteroatoms. The maximum absolute atomic E-state index is 13.1. The number of rotatable bonds is 5. The molecule has 2 N–H and O–H groups in total. The lowest BCUT2D eigenvalue weighted by molar-refractivity contribution is -0.128. The molecule has 0 bridgehead atoms. The van der Waals surface area contributed by atoms with E-state index < -0.39 is 5.41 Å². The highest BCUT2D eigenvalue weighted by molar-refractivity contribution is 7.10. The Kier molecular flexibility index (Phi) is 5.13. The van der Waals surface area contributed by atoms with Crippen molar-refractivity contribution in [3.8, 4) is 0 Å². The molecule has 1 aromatic heterocycles. The third-order valence-corrected chi connectivity index (χ3v) is 5.81. The van der Waals surface area contributed by atoms with E-state index in [1.807, 2.05) is 18.2 Å². The molecule has 0 unspecified atom stereocenters. The van der Waals surface area contributed by atoms with Crippen LogP contribution in [-0.2, 0) is 23.2 Å². The molecule has 1 aliphatic rings. The molecule has 23 heavy (non-hydrogen) atoms. The third-order valence-electron chi connectivity index (χ3n) is 4.85. The van der Waals surface area contributed by atoms with E-state index in [2.05, 4.69) is 41.1 Å². The van der Waals surface area contributed by atoms with Crippen molar-refractivity contribution >= 4 is 17.2 Å². The van der Waals surface area contributed by atoms with Crippen molar-refractivity contribution in [2.24, 2.45) is 0 Å². The summed E-state index contributed by atoms with van der Waals surface area (Å²) in [6.07, 6.45) is 2.73. The Balaban J connectivity index is 1.78. The molecule has 0 radical (unpaired) electrons. The van der Waals surface area contributed by atoms with Crippen molar-refractivity contribution in [2.45, 2.75) is 38.1 Å². The van der Waals surface area contributed by atoms with Gasteiger partial charge >= 0.3 is 0 Å². The first kappa shape index (κ1) is 16.2. The van der Waals surface area contributed by atoms with Crippen molar-refractivity contribution in [1.82, 2.24) is 10.6 Å². The number of nitrogens with one attached hydrogen (secondary N) is 2. The smallest absolute Gasteiger partial charge is 0.231 e. The molecule has 0 atom stereocenters. The monoisotopic (exact) mass is 328 g/mol. The number of benzene rings is 1. The molecule has 1 aliphatic heterocycles. The average molecular weight is 328 g/mol. The Morgan fingerprint density at radius 1 is 1.22 bits per heavy atom. The lowest BCUT2D eigenvalue weighted by Gasteiger charge is -2.36. The largest absolute Gasteiger partial charge is 0.350 e. The summed E-state index contributed by atoms with van der Waals surface area (Å²) in [4.78, 5) is 14.4. The van der Waals surface area contributed by atoms with Gasteiger partial charge in [-0.2, -0.15) is 0 Å². The summed E-state index contributed by atoms with van der Waals surface area (Å²) < 4.78 is 0. The van der Waals surface area contributed by atoms with Gasteiger partial charge in [0.25, 0.3) is 0 Å². The summed E-state index contributed by atoms with van der Waals surface area (Å²) in [5.41, 5.74) is 2.09. The highest BCUT2D eigenvalue weighted by atomic mass is 32.1. The van der Waals surface area contributed by atoms with Gasteiger partial charge in [0, 0.05) is 4.88 Å². The second kappa shape index (κ2) is 7.28. The zero-order valence-electron chi connectivity index (χ0n) is 13.6. The summed E-state index contributed by atoms with van der Waals surface area (Å²) in [5.74, 6) is 0.167. The second-order valence-electron chi connectivity index (χ2n) is 6.10. The molecule has 3 rings (SSSR count). The maximum Gasteiger partial charge on any atom is 0.231 e. The summed E-state index contributed by atoms with van der Waals surface area (Å²) >= 11 is 1.73. The van der Waals surface area contributed by atoms with Crippen molar-refractivity contribution in [1.29, 1.82) is 0 Å². The Hall–Kier alpha value is -1.65. The quantitative estimate of drug-likeness (QED) is 0.884. The minimum atomic E-state index is -0.393. The molecular weight excluding hydrogens is 304 g/mol. The summed E-state index contributed by atoms with van der Waals surface area (Å²) in [6, 6.07) is 12.4. The molecule has 0 spiro atoms. The third kappa shape index (κ3) is 3.33. The van der Waals surface area contributed by atoms with Gasteiger partial charge in [-0.05, 0) is 54.9 Å². The fourth-order valence-corrected chi connectivity index (χ4v) is 4.34. The van der Waals surface area contributed by atoms with Crippen LogP contribution in [0.5, 0.6) is 0 Å². The highest BCUT2D eigenvalue weighted by Crippen LogP contribution is 2.34. The highest BCUT2D eigenvalue weighted by Gasteiger charge is 2.40. The van der Waals surface area contributed by atoms with E-state index in [4.69, 9.17) is 0 Å². The van der Waals surface area contributed by atoms with Crippen molar-refractivity contribution in [3.63, 3.8) is 0 Å². The predicted octanol–water partition coefficient (Wildman–Crippen LogP) is 3.25. The van der Waals surface area contributed by atoms with Gasteiger partial charge in [-0.15, -0.1) is 11.3 Å². The van der Waals surface area contributed by atoms with Crippen LogP contribution in [0.25, 0.3) is 0 Å². The first-order valence-corrected chi connectivity index (χ1v) is 9.24. The van der Waals surface area contributed by atoms with Crippen LogP contribution in [0, 0.1) is 0 Å². The SMILES string of the molecule is CCc1ccsc1CNC(=O)C1(c2ccccc2)CCNCC1. The number of carbonyl (C=O) groups is 1. The Labute approximate surface area is 142 Å². The molecule has 2 heterocycles. The normalized spacial score (nSPS) is 16.9. The minimum Gasteiger partial charge on any atom is -0.350 e. The van der Waals surface area contributed by atoms with Gasteiger partial charge in [0.1, 0.15) is 0 Å². The zero-order chi connectivity index (χ0) is 16.1. The first-order valence-electron chi connectivity index (χ1n) is 8.36. The fourth-order valence-electron chi connectivity index (χ4n) is 3.42. The number of aryl methyl sites for hydroxylation is 1. The molecule has 1 saturated heterocycles. The molecule has 122 valence electrons. The van der Waals surface area contributed by atoms with Crippen molar-refractivity contribution in [2.75, 3.05) is 13.1 Å². The maximum atomic E-state index is 13.1. The molecule has 2 aromatic rings. The average Bonchev–Trinajstić information content (AvgIpc) is 3.08. The van der Waals surface area contributed by atoms with Gasteiger partial charge in [0.2, 0.25) is 5.91 Å². The Bertz CT molecular complexity index is 644. The number of hydrogen-bond acceptors (Lipinski definition) is 3. The summed E-state index contributed by atoms with van der Waals surface area (Å²) in [5, 5.41) is 8.70. The van der Waals surface area contributed by atoms with Crippen LogP contribution in [0.2, 0.25) is 0 Å². The Morgan fingerprint density at radius 2 is 1.96 bits per heavy atom. The van der Waals surface area contributed by atoms with Gasteiger partial charge in [-0.3, -0.25) is 4.79 Å². The molecule has 0 saturated carbocycles. The number of thiophene rings is 1. The van der Waals surface area contributed by atoms with E-state index in [-0.39, 0.29) is 5.91 Å². The number of piperidine rings is 1. The molecule has 3 nitrogen and oxygen atoms in total. The van der Waals surface area contributed by atoms with Crippen LogP contribution in [-0.4, -0.2) is 19.0 Å². The standard InChI is InChI=1S/C19H24N2OS/c1-2-15-8-13-23-17(15)14-21-18(22)19(9-11-20-12-10-19)16-6-4-3-5-7-16/h3-8,13,20H,2,9-12,14H2,1H3,(H,21,22). The lowest BCUT2D eigenvalue weighted by atomic mass is 9.72. The predicted molar refractivity (Wildman–Crippen MR) is 95.8 cm³/mol. The van der Waals surface area contributed by atoms with Gasteiger partial charge in [-0.25, -0.2) is 0 Å². The second-order valence-corrected chi connectivity index (χ2v) is 7.10. The topological polar surface area (TPSA) is 41.1 Å². The van der Waals surface area contributed by atoms with Crippen LogP contribution < -0.4 is 10.6 Å². The molecule has 1 amide bonds.